The third-order valence-electron chi connectivity index (χ3n) is 5.91. The lowest BCUT2D eigenvalue weighted by Gasteiger charge is -2.23. The number of benzene rings is 3. The summed E-state index contributed by atoms with van der Waals surface area (Å²) < 4.78 is 38.9. The van der Waals surface area contributed by atoms with Crippen LogP contribution < -0.4 is 0 Å². The predicted octanol–water partition coefficient (Wildman–Crippen LogP) is 7.83. The Labute approximate surface area is 195 Å². The summed E-state index contributed by atoms with van der Waals surface area (Å²) in [5, 5.41) is 2.30. The molecule has 5 aromatic rings. The van der Waals surface area contributed by atoms with Gasteiger partial charge in [-0.05, 0) is 52.1 Å². The number of rotatable bonds is 2. The van der Waals surface area contributed by atoms with E-state index in [1.807, 2.05) is 12.1 Å². The van der Waals surface area contributed by atoms with Crippen LogP contribution in [0.2, 0.25) is 0 Å². The van der Waals surface area contributed by atoms with Gasteiger partial charge >= 0.3 is 6.18 Å². The third-order valence-corrected chi connectivity index (χ3v) is 5.91. The Morgan fingerprint density at radius 3 is 2.21 bits per heavy atom. The summed E-state index contributed by atoms with van der Waals surface area (Å²) in [7, 11) is 0. The van der Waals surface area contributed by atoms with Gasteiger partial charge in [0.1, 0.15) is 5.52 Å². The van der Waals surface area contributed by atoms with Crippen LogP contribution in [0.25, 0.3) is 44.3 Å². The molecule has 0 aliphatic heterocycles. The molecule has 2 aromatic heterocycles. The fourth-order valence-electron chi connectivity index (χ4n) is 4.19. The zero-order valence-electron chi connectivity index (χ0n) is 19.0. The van der Waals surface area contributed by atoms with E-state index in [-0.39, 0.29) is 5.41 Å². The standard InChI is InChI=1S/C28H22F3N3/c1-27(2,3)22-15-19(14-18-6-4-5-7-21(18)22)25-26-23(12-13-32-25)33-16-24(34-26)17-8-10-20(11-9-17)28(29,30)31/h4-16H,1-3H3. The van der Waals surface area contributed by atoms with E-state index in [4.69, 9.17) is 4.98 Å². The molecular formula is C28H22F3N3. The molecule has 0 saturated carbocycles. The van der Waals surface area contributed by atoms with Gasteiger partial charge in [0.25, 0.3) is 0 Å². The average Bonchev–Trinajstić information content (AvgIpc) is 2.81. The van der Waals surface area contributed by atoms with Crippen LogP contribution in [-0.2, 0) is 11.6 Å². The highest BCUT2D eigenvalue weighted by Crippen LogP contribution is 2.36. The Morgan fingerprint density at radius 2 is 1.50 bits per heavy atom. The van der Waals surface area contributed by atoms with Crippen LogP contribution in [0, 0.1) is 0 Å². The first kappa shape index (κ1) is 22.0. The molecule has 0 bridgehead atoms. The largest absolute Gasteiger partial charge is 0.416 e. The molecule has 0 fully saturated rings. The molecule has 0 unspecified atom stereocenters. The van der Waals surface area contributed by atoms with Crippen molar-refractivity contribution in [1.82, 2.24) is 15.0 Å². The molecule has 0 aliphatic rings. The first-order valence-electron chi connectivity index (χ1n) is 10.9. The van der Waals surface area contributed by atoms with Crippen LogP contribution in [0.1, 0.15) is 31.9 Å². The topological polar surface area (TPSA) is 38.7 Å². The molecule has 3 nitrogen and oxygen atoms in total. The second-order valence-corrected chi connectivity index (χ2v) is 9.35. The molecule has 0 spiro atoms. The van der Waals surface area contributed by atoms with Crippen molar-refractivity contribution >= 4 is 21.8 Å². The van der Waals surface area contributed by atoms with Crippen LogP contribution in [0.4, 0.5) is 13.2 Å². The van der Waals surface area contributed by atoms with Crippen molar-refractivity contribution in [2.75, 3.05) is 0 Å². The van der Waals surface area contributed by atoms with Gasteiger partial charge in [0, 0.05) is 17.3 Å². The van der Waals surface area contributed by atoms with Gasteiger partial charge in [0.2, 0.25) is 0 Å². The lowest BCUT2D eigenvalue weighted by molar-refractivity contribution is -0.137. The Hall–Kier alpha value is -3.80. The fraction of sp³-hybridized carbons (Fsp3) is 0.179. The first-order chi connectivity index (χ1) is 16.1. The van der Waals surface area contributed by atoms with Crippen molar-refractivity contribution in [1.29, 1.82) is 0 Å². The second kappa shape index (κ2) is 7.90. The zero-order valence-corrected chi connectivity index (χ0v) is 19.0. The van der Waals surface area contributed by atoms with Crippen LogP contribution in [0.5, 0.6) is 0 Å². The van der Waals surface area contributed by atoms with Crippen LogP contribution >= 0.6 is 0 Å². The zero-order chi connectivity index (χ0) is 24.1. The number of hydrogen-bond donors (Lipinski definition) is 0. The molecule has 0 radical (unpaired) electrons. The molecular weight excluding hydrogens is 435 g/mol. The van der Waals surface area contributed by atoms with Crippen molar-refractivity contribution in [3.63, 3.8) is 0 Å². The molecule has 2 heterocycles. The highest BCUT2D eigenvalue weighted by Gasteiger charge is 2.30. The van der Waals surface area contributed by atoms with E-state index in [9.17, 15) is 13.2 Å². The molecule has 5 rings (SSSR count). The average molecular weight is 457 g/mol. The highest BCUT2D eigenvalue weighted by atomic mass is 19.4. The van der Waals surface area contributed by atoms with E-state index >= 15 is 0 Å². The molecule has 170 valence electrons. The van der Waals surface area contributed by atoms with Crippen LogP contribution in [0.15, 0.2) is 79.1 Å². The third kappa shape index (κ3) is 4.00. The van der Waals surface area contributed by atoms with Crippen molar-refractivity contribution in [2.24, 2.45) is 0 Å². The van der Waals surface area contributed by atoms with Gasteiger partial charge in [-0.1, -0.05) is 57.2 Å². The minimum atomic E-state index is -4.38. The van der Waals surface area contributed by atoms with Gasteiger partial charge in [0.15, 0.2) is 0 Å². The molecule has 34 heavy (non-hydrogen) atoms. The summed E-state index contributed by atoms with van der Waals surface area (Å²) in [6.45, 7) is 6.53. The lowest BCUT2D eigenvalue weighted by Crippen LogP contribution is -2.12. The lowest BCUT2D eigenvalue weighted by atomic mass is 9.82. The highest BCUT2D eigenvalue weighted by molar-refractivity contribution is 5.96. The van der Waals surface area contributed by atoms with Crippen molar-refractivity contribution in [2.45, 2.75) is 32.4 Å². The van der Waals surface area contributed by atoms with E-state index in [0.717, 1.165) is 23.1 Å². The maximum atomic E-state index is 13.0. The van der Waals surface area contributed by atoms with E-state index in [0.29, 0.717) is 28.0 Å². The molecule has 0 atom stereocenters. The Bertz CT molecular complexity index is 1520. The maximum absolute atomic E-state index is 13.0. The number of halogens is 3. The summed E-state index contributed by atoms with van der Waals surface area (Å²) in [6.07, 6.45) is -1.10. The number of fused-ring (bicyclic) bond motifs is 2. The fourth-order valence-corrected chi connectivity index (χ4v) is 4.19. The molecule has 0 aliphatic carbocycles. The number of aromatic nitrogens is 3. The van der Waals surface area contributed by atoms with Gasteiger partial charge < -0.3 is 0 Å². The maximum Gasteiger partial charge on any atom is 0.416 e. The summed E-state index contributed by atoms with van der Waals surface area (Å²) in [5.74, 6) is 0. The summed E-state index contributed by atoms with van der Waals surface area (Å²) in [4.78, 5) is 13.9. The van der Waals surface area contributed by atoms with Crippen molar-refractivity contribution in [3.8, 4) is 22.5 Å². The molecule has 3 aromatic carbocycles. The minimum Gasteiger partial charge on any atom is -0.254 e. The van der Waals surface area contributed by atoms with Gasteiger partial charge in [-0.15, -0.1) is 0 Å². The molecule has 0 N–H and O–H groups in total. The predicted molar refractivity (Wildman–Crippen MR) is 129 cm³/mol. The summed E-state index contributed by atoms with van der Waals surface area (Å²) in [5.41, 5.74) is 4.37. The number of hydrogen-bond acceptors (Lipinski definition) is 3. The summed E-state index contributed by atoms with van der Waals surface area (Å²) >= 11 is 0. The van der Waals surface area contributed by atoms with Gasteiger partial charge in [-0.3, -0.25) is 9.97 Å². The normalized spacial score (nSPS) is 12.4. The Kier molecular flexibility index (Phi) is 5.12. The van der Waals surface area contributed by atoms with Crippen LogP contribution in [0.3, 0.4) is 0 Å². The summed E-state index contributed by atoms with van der Waals surface area (Å²) in [6, 6.07) is 19.2. The molecule has 0 amide bonds. The smallest absolute Gasteiger partial charge is 0.254 e. The first-order valence-corrected chi connectivity index (χ1v) is 10.9. The van der Waals surface area contributed by atoms with Gasteiger partial charge in [-0.2, -0.15) is 13.2 Å². The SMILES string of the molecule is CC(C)(C)c1cc(-c2nccc3ncc(-c4ccc(C(F)(F)F)cc4)nc23)cc2ccccc12. The van der Waals surface area contributed by atoms with Gasteiger partial charge in [-0.25, -0.2) is 4.98 Å². The van der Waals surface area contributed by atoms with Crippen molar-refractivity contribution in [3.05, 3.63) is 90.3 Å². The van der Waals surface area contributed by atoms with E-state index in [1.165, 1.54) is 23.1 Å². The Morgan fingerprint density at radius 1 is 0.765 bits per heavy atom. The Balaban J connectivity index is 1.69. The quantitative estimate of drug-likeness (QED) is 0.271. The number of nitrogens with zero attached hydrogens (tertiary/aromatic N) is 3. The second-order valence-electron chi connectivity index (χ2n) is 9.35. The van der Waals surface area contributed by atoms with E-state index < -0.39 is 11.7 Å². The monoisotopic (exact) mass is 457 g/mol. The molecule has 6 heteroatoms. The van der Waals surface area contributed by atoms with Crippen molar-refractivity contribution < 1.29 is 13.2 Å². The minimum absolute atomic E-state index is 0.0860. The van der Waals surface area contributed by atoms with Crippen LogP contribution in [-0.4, -0.2) is 15.0 Å². The van der Waals surface area contributed by atoms with E-state index in [2.05, 4.69) is 55.0 Å². The number of alkyl halides is 3. The van der Waals surface area contributed by atoms with Gasteiger partial charge in [0.05, 0.1) is 28.7 Å². The van der Waals surface area contributed by atoms with E-state index in [1.54, 1.807) is 18.5 Å². The molecule has 0 saturated heterocycles. The number of pyridine rings is 1.